The molecule has 3 saturated heterocycles. The first-order valence-corrected chi connectivity index (χ1v) is 8.01. The average Bonchev–Trinajstić information content (AvgIpc) is 2.47. The van der Waals surface area contributed by atoms with Gasteiger partial charge in [-0.1, -0.05) is 0 Å². The third kappa shape index (κ3) is 3.96. The summed E-state index contributed by atoms with van der Waals surface area (Å²) in [5.74, 6) is -2.11. The van der Waals surface area contributed by atoms with Crippen LogP contribution >= 0.6 is 0 Å². The van der Waals surface area contributed by atoms with Crippen LogP contribution in [0.2, 0.25) is 0 Å². The smallest absolute Gasteiger partial charge is 0.438 e. The van der Waals surface area contributed by atoms with Crippen molar-refractivity contribution in [3.63, 3.8) is 0 Å². The van der Waals surface area contributed by atoms with Gasteiger partial charge in [0.05, 0.1) is 19.3 Å². The molecule has 0 radical (unpaired) electrons. The van der Waals surface area contributed by atoms with Crippen molar-refractivity contribution in [2.45, 2.75) is 37.3 Å². The molecule has 0 aromatic carbocycles. The van der Waals surface area contributed by atoms with Crippen LogP contribution in [-0.2, 0) is 14.3 Å². The highest BCUT2D eigenvalue weighted by molar-refractivity contribution is 5.75. The van der Waals surface area contributed by atoms with Gasteiger partial charge in [-0.3, -0.25) is 9.80 Å². The maximum absolute atomic E-state index is 12.5. The second-order valence-electron chi connectivity index (χ2n) is 6.26. The first-order chi connectivity index (χ1) is 10.9. The van der Waals surface area contributed by atoms with Crippen LogP contribution in [0.4, 0.5) is 13.2 Å². The van der Waals surface area contributed by atoms with E-state index in [0.29, 0.717) is 32.3 Å². The molecule has 0 saturated carbocycles. The molecule has 3 aliphatic heterocycles. The Morgan fingerprint density at radius 3 is 2.39 bits per heavy atom. The van der Waals surface area contributed by atoms with E-state index in [2.05, 4.69) is 10.2 Å². The molecule has 0 aliphatic carbocycles. The monoisotopic (exact) mass is 337 g/mol. The Morgan fingerprint density at radius 2 is 1.83 bits per heavy atom. The number of alkyl halides is 3. The van der Waals surface area contributed by atoms with Crippen molar-refractivity contribution in [3.05, 3.63) is 0 Å². The lowest BCUT2D eigenvalue weighted by atomic mass is 10.0. The zero-order valence-electron chi connectivity index (χ0n) is 12.8. The largest absolute Gasteiger partial charge is 0.490 e. The molecule has 1 atom stereocenters. The van der Waals surface area contributed by atoms with Gasteiger partial charge in [0.15, 0.2) is 6.23 Å². The predicted octanol–water partition coefficient (Wildman–Crippen LogP) is 0.186. The van der Waals surface area contributed by atoms with E-state index >= 15 is 0 Å². The Kier molecular flexibility index (Phi) is 5.10. The number of piperidine rings is 1. The summed E-state index contributed by atoms with van der Waals surface area (Å²) < 4.78 is 47.5. The quantitative estimate of drug-likeness (QED) is 0.742. The Labute approximate surface area is 132 Å². The van der Waals surface area contributed by atoms with E-state index in [9.17, 15) is 18.0 Å². The molecule has 132 valence electrons. The zero-order valence-corrected chi connectivity index (χ0v) is 12.8. The van der Waals surface area contributed by atoms with E-state index in [4.69, 9.17) is 9.47 Å². The molecule has 6 nitrogen and oxygen atoms in total. The summed E-state index contributed by atoms with van der Waals surface area (Å²) in [6.45, 7) is 4.47. The minimum atomic E-state index is -4.96. The van der Waals surface area contributed by atoms with Gasteiger partial charge in [-0.15, -0.1) is 0 Å². The molecular formula is C14H22F3N3O3. The summed E-state index contributed by atoms with van der Waals surface area (Å²) in [6.07, 6.45) is -3.89. The van der Waals surface area contributed by atoms with Gasteiger partial charge >= 0.3 is 12.1 Å². The number of carbonyl (C=O) groups is 1. The molecule has 1 unspecified atom stereocenters. The van der Waals surface area contributed by atoms with E-state index in [-0.39, 0.29) is 6.04 Å². The van der Waals surface area contributed by atoms with Gasteiger partial charge in [0, 0.05) is 25.7 Å². The summed E-state index contributed by atoms with van der Waals surface area (Å²) >= 11 is 0. The first kappa shape index (κ1) is 16.9. The van der Waals surface area contributed by atoms with Crippen molar-refractivity contribution < 1.29 is 27.4 Å². The maximum atomic E-state index is 12.5. The highest BCUT2D eigenvalue weighted by Crippen LogP contribution is 2.25. The second-order valence-corrected chi connectivity index (χ2v) is 6.26. The summed E-state index contributed by atoms with van der Waals surface area (Å²) in [4.78, 5) is 15.3. The van der Waals surface area contributed by atoms with Gasteiger partial charge in [0.1, 0.15) is 0 Å². The van der Waals surface area contributed by atoms with Crippen molar-refractivity contribution in [1.82, 2.24) is 15.1 Å². The van der Waals surface area contributed by atoms with E-state index < -0.39 is 18.4 Å². The van der Waals surface area contributed by atoms with Crippen molar-refractivity contribution in [2.75, 3.05) is 45.9 Å². The highest BCUT2D eigenvalue weighted by atomic mass is 19.4. The minimum absolute atomic E-state index is 0.0382. The Hall–Kier alpha value is -0.900. The number of carbonyl (C=O) groups excluding carboxylic acids is 1. The summed E-state index contributed by atoms with van der Waals surface area (Å²) in [6, 6.07) is 0.374. The standard InChI is InChI=1S/C14H22F3N3O3/c15-14(16,17)13(21)23-12-7-19(10-1-3-18-4-2-10)5-6-20(12)11-8-22-9-11/h10-12,18H,1-9H2. The molecule has 9 heteroatoms. The molecule has 0 amide bonds. The number of hydrogen-bond acceptors (Lipinski definition) is 6. The van der Waals surface area contributed by atoms with Crippen LogP contribution in [0.1, 0.15) is 12.8 Å². The van der Waals surface area contributed by atoms with Gasteiger partial charge in [0.25, 0.3) is 0 Å². The number of ether oxygens (including phenoxy) is 2. The van der Waals surface area contributed by atoms with Crippen LogP contribution < -0.4 is 5.32 Å². The fourth-order valence-electron chi connectivity index (χ4n) is 3.42. The normalized spacial score (nSPS) is 29.3. The lowest BCUT2D eigenvalue weighted by Gasteiger charge is -2.49. The third-order valence-electron chi connectivity index (χ3n) is 4.80. The van der Waals surface area contributed by atoms with Crippen molar-refractivity contribution >= 4 is 5.97 Å². The van der Waals surface area contributed by atoms with Gasteiger partial charge < -0.3 is 14.8 Å². The van der Waals surface area contributed by atoms with Crippen molar-refractivity contribution in [1.29, 1.82) is 0 Å². The number of rotatable bonds is 3. The molecule has 0 spiro atoms. The molecular weight excluding hydrogens is 315 g/mol. The van der Waals surface area contributed by atoms with Crippen LogP contribution in [0, 0.1) is 0 Å². The topological polar surface area (TPSA) is 54.0 Å². The fraction of sp³-hybridized carbons (Fsp3) is 0.929. The Bertz CT molecular complexity index is 425. The van der Waals surface area contributed by atoms with Crippen LogP contribution in [0.25, 0.3) is 0 Å². The van der Waals surface area contributed by atoms with E-state index in [1.807, 2.05) is 4.90 Å². The average molecular weight is 337 g/mol. The second kappa shape index (κ2) is 6.92. The van der Waals surface area contributed by atoms with Crippen LogP contribution in [0.3, 0.4) is 0 Å². The number of esters is 1. The highest BCUT2D eigenvalue weighted by Gasteiger charge is 2.46. The minimum Gasteiger partial charge on any atom is -0.438 e. The molecule has 0 bridgehead atoms. The first-order valence-electron chi connectivity index (χ1n) is 8.01. The van der Waals surface area contributed by atoms with E-state index in [0.717, 1.165) is 32.5 Å². The fourth-order valence-corrected chi connectivity index (χ4v) is 3.42. The van der Waals surface area contributed by atoms with Crippen LogP contribution in [-0.4, -0.2) is 86.2 Å². The van der Waals surface area contributed by atoms with E-state index in [1.165, 1.54) is 0 Å². The van der Waals surface area contributed by atoms with Gasteiger partial charge in [-0.25, -0.2) is 4.79 Å². The molecule has 0 aromatic rings. The molecule has 3 aliphatic rings. The number of piperazine rings is 1. The predicted molar refractivity (Wildman–Crippen MR) is 74.7 cm³/mol. The lowest BCUT2D eigenvalue weighted by Crippen LogP contribution is -2.64. The van der Waals surface area contributed by atoms with Gasteiger partial charge in [-0.05, 0) is 25.9 Å². The van der Waals surface area contributed by atoms with Gasteiger partial charge in [-0.2, -0.15) is 13.2 Å². The molecule has 0 aromatic heterocycles. The lowest BCUT2D eigenvalue weighted by molar-refractivity contribution is -0.227. The number of hydrogen-bond donors (Lipinski definition) is 1. The number of halogens is 3. The summed E-state index contributed by atoms with van der Waals surface area (Å²) in [7, 11) is 0. The van der Waals surface area contributed by atoms with Gasteiger partial charge in [0.2, 0.25) is 0 Å². The van der Waals surface area contributed by atoms with Crippen molar-refractivity contribution in [2.24, 2.45) is 0 Å². The third-order valence-corrected chi connectivity index (χ3v) is 4.80. The number of nitrogens with one attached hydrogen (secondary N) is 1. The van der Waals surface area contributed by atoms with Crippen LogP contribution in [0.15, 0.2) is 0 Å². The number of nitrogens with zero attached hydrogens (tertiary/aromatic N) is 2. The molecule has 1 N–H and O–H groups in total. The Morgan fingerprint density at radius 1 is 1.13 bits per heavy atom. The van der Waals surface area contributed by atoms with Crippen LogP contribution in [0.5, 0.6) is 0 Å². The van der Waals surface area contributed by atoms with Crippen molar-refractivity contribution in [3.8, 4) is 0 Å². The zero-order chi connectivity index (χ0) is 16.4. The van der Waals surface area contributed by atoms with E-state index in [1.54, 1.807) is 0 Å². The molecule has 3 heterocycles. The maximum Gasteiger partial charge on any atom is 0.490 e. The molecule has 23 heavy (non-hydrogen) atoms. The molecule has 3 fully saturated rings. The Balaban J connectivity index is 1.65. The summed E-state index contributed by atoms with van der Waals surface area (Å²) in [5.41, 5.74) is 0. The summed E-state index contributed by atoms with van der Waals surface area (Å²) in [5, 5.41) is 3.27. The SMILES string of the molecule is O=C(OC1CN(C2CCNCC2)CCN1C1COC1)C(F)(F)F. The molecule has 3 rings (SSSR count).